The summed E-state index contributed by atoms with van der Waals surface area (Å²) in [6, 6.07) is 9.57. The Hall–Kier alpha value is -2.30. The summed E-state index contributed by atoms with van der Waals surface area (Å²) in [5, 5.41) is 4.16. The second-order valence-electron chi connectivity index (χ2n) is 4.41. The van der Waals surface area contributed by atoms with E-state index in [1.165, 1.54) is 4.68 Å². The van der Waals surface area contributed by atoms with Crippen LogP contribution < -0.4 is 4.74 Å². The summed E-state index contributed by atoms with van der Waals surface area (Å²) >= 11 is 0. The van der Waals surface area contributed by atoms with Gasteiger partial charge in [-0.05, 0) is 12.5 Å². The summed E-state index contributed by atoms with van der Waals surface area (Å²) in [4.78, 5) is 12.0. The smallest absolute Gasteiger partial charge is 0.435 e. The van der Waals surface area contributed by atoms with Crippen molar-refractivity contribution in [3.63, 3.8) is 0 Å². The lowest BCUT2D eigenvalue weighted by molar-refractivity contribution is 0.137. The highest BCUT2D eigenvalue weighted by atomic mass is 16.6. The van der Waals surface area contributed by atoms with Crippen LogP contribution in [0.15, 0.2) is 30.3 Å². The Balaban J connectivity index is 1.73. The molecule has 0 unspecified atom stereocenters. The van der Waals surface area contributed by atoms with Gasteiger partial charge in [0.05, 0.1) is 12.3 Å². The van der Waals surface area contributed by atoms with Gasteiger partial charge in [-0.3, -0.25) is 0 Å². The summed E-state index contributed by atoms with van der Waals surface area (Å²) < 4.78 is 12.0. The molecule has 2 aromatic rings. The third kappa shape index (κ3) is 2.19. The number of ether oxygens (including phenoxy) is 2. The molecule has 0 aliphatic carbocycles. The second-order valence-corrected chi connectivity index (χ2v) is 4.41. The van der Waals surface area contributed by atoms with Gasteiger partial charge in [-0.25, -0.2) is 4.79 Å². The minimum Gasteiger partial charge on any atom is -0.489 e. The molecular formula is C14H14N2O3. The summed E-state index contributed by atoms with van der Waals surface area (Å²) in [5.74, 6) is 0.719. The number of carbonyl (C=O) groups excluding carboxylic acids is 1. The number of aryl methyl sites for hydroxylation is 1. The minimum absolute atomic E-state index is 0.244. The number of rotatable bonds is 2. The Morgan fingerprint density at radius 3 is 3.00 bits per heavy atom. The van der Waals surface area contributed by atoms with Gasteiger partial charge in [-0.2, -0.15) is 9.78 Å². The Morgan fingerprint density at radius 2 is 2.21 bits per heavy atom. The standard InChI is InChI=1S/C14H14N2O3/c1-10-13-12(7-8-18-13)16(15-10)14(17)19-9-11-5-3-2-4-6-11/h2-6H,7-9H2,1H3. The van der Waals surface area contributed by atoms with Gasteiger partial charge in [-0.15, -0.1) is 0 Å². The topological polar surface area (TPSA) is 53.4 Å². The second kappa shape index (κ2) is 4.76. The van der Waals surface area contributed by atoms with E-state index in [2.05, 4.69) is 5.10 Å². The minimum atomic E-state index is -0.460. The van der Waals surface area contributed by atoms with Crippen LogP contribution in [0.3, 0.4) is 0 Å². The molecule has 0 N–H and O–H groups in total. The Morgan fingerprint density at radius 1 is 1.42 bits per heavy atom. The zero-order chi connectivity index (χ0) is 13.2. The van der Waals surface area contributed by atoms with E-state index in [0.29, 0.717) is 13.0 Å². The molecule has 0 bridgehead atoms. The van der Waals surface area contributed by atoms with Gasteiger partial charge in [-0.1, -0.05) is 30.3 Å². The molecule has 98 valence electrons. The van der Waals surface area contributed by atoms with E-state index in [0.717, 1.165) is 22.7 Å². The molecule has 0 radical (unpaired) electrons. The lowest BCUT2D eigenvalue weighted by atomic mass is 10.2. The van der Waals surface area contributed by atoms with Gasteiger partial charge in [0.25, 0.3) is 0 Å². The Kier molecular flexibility index (Phi) is 2.95. The highest BCUT2D eigenvalue weighted by Gasteiger charge is 2.25. The number of hydrogen-bond donors (Lipinski definition) is 0. The van der Waals surface area contributed by atoms with Crippen molar-refractivity contribution >= 4 is 6.09 Å². The molecule has 5 nitrogen and oxygen atoms in total. The number of aromatic nitrogens is 2. The molecule has 0 saturated carbocycles. The third-order valence-corrected chi connectivity index (χ3v) is 3.06. The van der Waals surface area contributed by atoms with Gasteiger partial charge in [0, 0.05) is 6.42 Å². The molecule has 0 saturated heterocycles. The van der Waals surface area contributed by atoms with E-state index in [1.807, 2.05) is 37.3 Å². The number of nitrogens with zero attached hydrogens (tertiary/aromatic N) is 2. The first-order valence-corrected chi connectivity index (χ1v) is 6.18. The lowest BCUT2D eigenvalue weighted by Gasteiger charge is -2.05. The number of carbonyl (C=O) groups is 1. The van der Waals surface area contributed by atoms with Crippen molar-refractivity contribution in [3.8, 4) is 5.75 Å². The summed E-state index contributed by atoms with van der Waals surface area (Å²) in [5.41, 5.74) is 2.48. The highest BCUT2D eigenvalue weighted by Crippen LogP contribution is 2.28. The van der Waals surface area contributed by atoms with E-state index >= 15 is 0 Å². The monoisotopic (exact) mass is 258 g/mol. The van der Waals surface area contributed by atoms with Crippen LogP contribution in [0.5, 0.6) is 5.75 Å². The van der Waals surface area contributed by atoms with Crippen LogP contribution in [0.2, 0.25) is 0 Å². The molecule has 5 heteroatoms. The maximum Gasteiger partial charge on any atom is 0.435 e. The first-order valence-electron chi connectivity index (χ1n) is 6.18. The normalized spacial score (nSPS) is 12.9. The SMILES string of the molecule is Cc1nn(C(=O)OCc2ccccc2)c2c1OCC2. The predicted octanol–water partition coefficient (Wildman–Crippen LogP) is 2.31. The number of fused-ring (bicyclic) bond motifs is 1. The van der Waals surface area contributed by atoms with Gasteiger partial charge >= 0.3 is 6.09 Å². The first kappa shape index (κ1) is 11.8. The molecule has 1 aliphatic rings. The average Bonchev–Trinajstić information content (AvgIpc) is 3.02. The van der Waals surface area contributed by atoms with Crippen molar-refractivity contribution in [1.29, 1.82) is 0 Å². The molecule has 19 heavy (non-hydrogen) atoms. The highest BCUT2D eigenvalue weighted by molar-refractivity contribution is 5.71. The van der Waals surface area contributed by atoms with Crippen LogP contribution in [0.25, 0.3) is 0 Å². The zero-order valence-corrected chi connectivity index (χ0v) is 10.6. The van der Waals surface area contributed by atoms with E-state index in [1.54, 1.807) is 0 Å². The van der Waals surface area contributed by atoms with Crippen molar-refractivity contribution in [2.45, 2.75) is 20.0 Å². The average molecular weight is 258 g/mol. The fraction of sp³-hybridized carbons (Fsp3) is 0.286. The quantitative estimate of drug-likeness (QED) is 0.829. The van der Waals surface area contributed by atoms with Gasteiger partial charge in [0.1, 0.15) is 12.3 Å². The maximum absolute atomic E-state index is 12.0. The van der Waals surface area contributed by atoms with E-state index < -0.39 is 6.09 Å². The van der Waals surface area contributed by atoms with Crippen LogP contribution in [-0.2, 0) is 17.8 Å². The van der Waals surface area contributed by atoms with Crippen molar-refractivity contribution in [3.05, 3.63) is 47.3 Å². The van der Waals surface area contributed by atoms with Crippen LogP contribution in [0.1, 0.15) is 17.0 Å². The summed E-state index contributed by atoms with van der Waals surface area (Å²) in [6.07, 6.45) is 0.232. The van der Waals surface area contributed by atoms with Crippen LogP contribution >= 0.6 is 0 Å². The first-order chi connectivity index (χ1) is 9.25. The molecule has 0 spiro atoms. The van der Waals surface area contributed by atoms with Crippen LogP contribution in [0.4, 0.5) is 4.79 Å². The summed E-state index contributed by atoms with van der Waals surface area (Å²) in [7, 11) is 0. The predicted molar refractivity (Wildman–Crippen MR) is 68.2 cm³/mol. The number of hydrogen-bond acceptors (Lipinski definition) is 4. The van der Waals surface area contributed by atoms with Gasteiger partial charge in [0.2, 0.25) is 0 Å². The maximum atomic E-state index is 12.0. The Bertz CT molecular complexity index is 605. The molecule has 3 rings (SSSR count). The zero-order valence-electron chi connectivity index (χ0n) is 10.6. The lowest BCUT2D eigenvalue weighted by Crippen LogP contribution is -2.17. The fourth-order valence-corrected chi connectivity index (χ4v) is 2.15. The molecule has 0 atom stereocenters. The molecule has 0 fully saturated rings. The molecule has 0 amide bonds. The van der Waals surface area contributed by atoms with Gasteiger partial charge in [0.15, 0.2) is 5.75 Å². The number of benzene rings is 1. The Labute approximate surface area is 110 Å². The molecule has 2 heterocycles. The molecule has 1 aliphatic heterocycles. The van der Waals surface area contributed by atoms with Crippen LogP contribution in [-0.4, -0.2) is 22.5 Å². The largest absolute Gasteiger partial charge is 0.489 e. The molecular weight excluding hydrogens is 244 g/mol. The van der Waals surface area contributed by atoms with Crippen molar-refractivity contribution in [1.82, 2.24) is 9.78 Å². The van der Waals surface area contributed by atoms with Crippen LogP contribution in [0, 0.1) is 6.92 Å². The molecule has 1 aromatic heterocycles. The summed E-state index contributed by atoms with van der Waals surface area (Å²) in [6.45, 7) is 2.67. The third-order valence-electron chi connectivity index (χ3n) is 3.06. The van der Waals surface area contributed by atoms with E-state index in [-0.39, 0.29) is 6.61 Å². The van der Waals surface area contributed by atoms with Crippen molar-refractivity contribution < 1.29 is 14.3 Å². The van der Waals surface area contributed by atoms with E-state index in [4.69, 9.17) is 9.47 Å². The van der Waals surface area contributed by atoms with Crippen molar-refractivity contribution in [2.24, 2.45) is 0 Å². The fourth-order valence-electron chi connectivity index (χ4n) is 2.15. The van der Waals surface area contributed by atoms with E-state index in [9.17, 15) is 4.79 Å². The van der Waals surface area contributed by atoms with Crippen molar-refractivity contribution in [2.75, 3.05) is 6.61 Å². The van der Waals surface area contributed by atoms with Gasteiger partial charge < -0.3 is 9.47 Å². The molecule has 1 aromatic carbocycles.